The zero-order valence-corrected chi connectivity index (χ0v) is 8.66. The molecule has 0 radical (unpaired) electrons. The first kappa shape index (κ1) is 9.92. The molecule has 0 bridgehead atoms. The third-order valence-corrected chi connectivity index (χ3v) is 2.20. The van der Waals surface area contributed by atoms with E-state index >= 15 is 0 Å². The van der Waals surface area contributed by atoms with Crippen molar-refractivity contribution >= 4 is 17.5 Å². The Bertz CT molecular complexity index is 489. The molecule has 0 aliphatic rings. The van der Waals surface area contributed by atoms with Crippen LogP contribution >= 0.6 is 11.6 Å². The normalized spacial score (nSPS) is 10.6. The van der Waals surface area contributed by atoms with Crippen molar-refractivity contribution in [2.24, 2.45) is 7.05 Å². The highest BCUT2D eigenvalue weighted by atomic mass is 35.5. The van der Waals surface area contributed by atoms with Gasteiger partial charge in [-0.1, -0.05) is 11.6 Å². The van der Waals surface area contributed by atoms with E-state index in [2.05, 4.69) is 10.1 Å². The van der Waals surface area contributed by atoms with E-state index in [1.54, 1.807) is 7.05 Å². The van der Waals surface area contributed by atoms with Crippen LogP contribution in [0.15, 0.2) is 18.2 Å². The summed E-state index contributed by atoms with van der Waals surface area (Å²) in [6, 6.07) is 4.20. The zero-order chi connectivity index (χ0) is 11.0. The highest BCUT2D eigenvalue weighted by molar-refractivity contribution is 6.30. The Morgan fingerprint density at radius 3 is 2.80 bits per heavy atom. The molecule has 1 heterocycles. The first-order chi connectivity index (χ1) is 7.08. The summed E-state index contributed by atoms with van der Waals surface area (Å²) in [5, 5.41) is 4.39. The number of nitrogens with two attached hydrogens (primary N) is 1. The molecule has 0 aliphatic heterocycles. The van der Waals surface area contributed by atoms with E-state index in [1.165, 1.54) is 22.9 Å². The Morgan fingerprint density at radius 2 is 2.20 bits per heavy atom. The molecule has 0 fully saturated rings. The van der Waals surface area contributed by atoms with Crippen LogP contribution in [0.25, 0.3) is 11.4 Å². The average molecular weight is 227 g/mol. The van der Waals surface area contributed by atoms with E-state index < -0.39 is 5.82 Å². The molecule has 0 saturated heterocycles. The molecular formula is C9H8ClFN4. The van der Waals surface area contributed by atoms with Gasteiger partial charge in [0.1, 0.15) is 5.82 Å². The van der Waals surface area contributed by atoms with Gasteiger partial charge in [-0.3, -0.25) is 0 Å². The molecule has 6 heteroatoms. The van der Waals surface area contributed by atoms with Crippen molar-refractivity contribution in [3.05, 3.63) is 29.0 Å². The Balaban J connectivity index is 2.58. The van der Waals surface area contributed by atoms with E-state index in [1.807, 2.05) is 0 Å². The van der Waals surface area contributed by atoms with E-state index in [-0.39, 0.29) is 17.3 Å². The van der Waals surface area contributed by atoms with Crippen molar-refractivity contribution in [2.45, 2.75) is 0 Å². The molecular weight excluding hydrogens is 219 g/mol. The number of benzene rings is 1. The van der Waals surface area contributed by atoms with Crippen molar-refractivity contribution in [2.75, 3.05) is 5.73 Å². The summed E-state index contributed by atoms with van der Waals surface area (Å²) in [4.78, 5) is 3.91. The maximum atomic E-state index is 13.4. The molecule has 0 saturated carbocycles. The van der Waals surface area contributed by atoms with Gasteiger partial charge in [0.15, 0.2) is 5.82 Å². The predicted octanol–water partition coefficient (Wildman–Crippen LogP) is 1.86. The lowest BCUT2D eigenvalue weighted by Crippen LogP contribution is -1.97. The number of halogens is 2. The topological polar surface area (TPSA) is 56.7 Å². The average Bonchev–Trinajstić information content (AvgIpc) is 2.51. The van der Waals surface area contributed by atoms with Crippen molar-refractivity contribution in [1.29, 1.82) is 0 Å². The van der Waals surface area contributed by atoms with Crippen LogP contribution in [0, 0.1) is 5.82 Å². The van der Waals surface area contributed by atoms with Crippen molar-refractivity contribution < 1.29 is 4.39 Å². The first-order valence-electron chi connectivity index (χ1n) is 4.20. The van der Waals surface area contributed by atoms with E-state index in [0.717, 1.165) is 0 Å². The second-order valence-corrected chi connectivity index (χ2v) is 3.48. The monoisotopic (exact) mass is 226 g/mol. The smallest absolute Gasteiger partial charge is 0.218 e. The quantitative estimate of drug-likeness (QED) is 0.808. The molecule has 2 rings (SSSR count). The van der Waals surface area contributed by atoms with E-state index in [4.69, 9.17) is 17.3 Å². The Morgan fingerprint density at radius 1 is 1.47 bits per heavy atom. The summed E-state index contributed by atoms with van der Waals surface area (Å²) in [6.45, 7) is 0. The summed E-state index contributed by atoms with van der Waals surface area (Å²) in [5.41, 5.74) is 5.75. The maximum Gasteiger partial charge on any atom is 0.218 e. The maximum absolute atomic E-state index is 13.4. The first-order valence-corrected chi connectivity index (χ1v) is 4.57. The third kappa shape index (κ3) is 1.78. The Kier molecular flexibility index (Phi) is 2.32. The molecule has 2 aromatic rings. The highest BCUT2D eigenvalue weighted by Gasteiger charge is 2.11. The van der Waals surface area contributed by atoms with E-state index in [0.29, 0.717) is 5.02 Å². The molecule has 0 unspecified atom stereocenters. The van der Waals surface area contributed by atoms with Crippen LogP contribution in [-0.4, -0.2) is 14.8 Å². The lowest BCUT2D eigenvalue weighted by Gasteiger charge is -1.97. The van der Waals surface area contributed by atoms with Gasteiger partial charge in [-0.2, -0.15) is 4.98 Å². The number of aromatic nitrogens is 3. The largest absolute Gasteiger partial charge is 0.368 e. The number of hydrogen-bond donors (Lipinski definition) is 1. The van der Waals surface area contributed by atoms with Crippen LogP contribution < -0.4 is 5.73 Å². The fourth-order valence-electron chi connectivity index (χ4n) is 1.18. The zero-order valence-electron chi connectivity index (χ0n) is 7.91. The molecule has 1 aromatic carbocycles. The number of anilines is 1. The Hall–Kier alpha value is -1.62. The van der Waals surface area contributed by atoms with Gasteiger partial charge >= 0.3 is 0 Å². The van der Waals surface area contributed by atoms with Gasteiger partial charge in [-0.15, -0.1) is 5.10 Å². The van der Waals surface area contributed by atoms with Gasteiger partial charge in [0, 0.05) is 12.1 Å². The lowest BCUT2D eigenvalue weighted by atomic mass is 10.2. The van der Waals surface area contributed by atoms with Crippen LogP contribution in [0.1, 0.15) is 0 Å². The number of nitrogen functional groups attached to an aromatic ring is 1. The van der Waals surface area contributed by atoms with Gasteiger partial charge < -0.3 is 5.73 Å². The second-order valence-electron chi connectivity index (χ2n) is 3.04. The van der Waals surface area contributed by atoms with Crippen LogP contribution in [0.3, 0.4) is 0 Å². The molecule has 0 spiro atoms. The summed E-state index contributed by atoms with van der Waals surface area (Å²) < 4.78 is 14.8. The second kappa shape index (κ2) is 3.51. The van der Waals surface area contributed by atoms with Crippen LogP contribution in [0.2, 0.25) is 5.02 Å². The molecule has 78 valence electrons. The number of nitrogens with zero attached hydrogens (tertiary/aromatic N) is 3. The number of hydrogen-bond acceptors (Lipinski definition) is 3. The minimum Gasteiger partial charge on any atom is -0.368 e. The van der Waals surface area contributed by atoms with Gasteiger partial charge in [0.25, 0.3) is 0 Å². The van der Waals surface area contributed by atoms with Crippen LogP contribution in [-0.2, 0) is 7.05 Å². The fraction of sp³-hybridized carbons (Fsp3) is 0.111. The molecule has 15 heavy (non-hydrogen) atoms. The highest BCUT2D eigenvalue weighted by Crippen LogP contribution is 2.23. The van der Waals surface area contributed by atoms with E-state index in [9.17, 15) is 4.39 Å². The summed E-state index contributed by atoms with van der Waals surface area (Å²) in [6.07, 6.45) is 0. The standard InChI is InChI=1S/C9H8ClFN4/c1-15-9(12)13-8(14-15)6-4-5(10)2-3-7(6)11/h2-4H,1H3,(H2,12,13,14). The Labute approximate surface area is 90.5 Å². The molecule has 0 atom stereocenters. The number of aryl methyl sites for hydroxylation is 1. The lowest BCUT2D eigenvalue weighted by molar-refractivity contribution is 0.629. The van der Waals surface area contributed by atoms with Crippen molar-refractivity contribution in [3.8, 4) is 11.4 Å². The third-order valence-electron chi connectivity index (χ3n) is 1.97. The fourth-order valence-corrected chi connectivity index (χ4v) is 1.35. The summed E-state index contributed by atoms with van der Waals surface area (Å²) in [5.74, 6) is 0.0318. The predicted molar refractivity (Wildman–Crippen MR) is 55.8 cm³/mol. The molecule has 1 aromatic heterocycles. The summed E-state index contributed by atoms with van der Waals surface area (Å²) >= 11 is 5.75. The molecule has 2 N–H and O–H groups in total. The van der Waals surface area contributed by atoms with Gasteiger partial charge in [0.2, 0.25) is 5.95 Å². The van der Waals surface area contributed by atoms with Crippen molar-refractivity contribution in [3.63, 3.8) is 0 Å². The minimum atomic E-state index is -0.426. The number of rotatable bonds is 1. The molecule has 0 amide bonds. The summed E-state index contributed by atoms with van der Waals surface area (Å²) in [7, 11) is 1.63. The minimum absolute atomic E-state index is 0.226. The SMILES string of the molecule is Cn1nc(-c2cc(Cl)ccc2F)nc1N. The van der Waals surface area contributed by atoms with Gasteiger partial charge in [-0.05, 0) is 18.2 Å². The van der Waals surface area contributed by atoms with Crippen LogP contribution in [0.5, 0.6) is 0 Å². The van der Waals surface area contributed by atoms with Gasteiger partial charge in [-0.25, -0.2) is 9.07 Å². The van der Waals surface area contributed by atoms with Gasteiger partial charge in [0.05, 0.1) is 5.56 Å². The van der Waals surface area contributed by atoms with Crippen molar-refractivity contribution in [1.82, 2.24) is 14.8 Å². The molecule has 4 nitrogen and oxygen atoms in total. The van der Waals surface area contributed by atoms with Crippen LogP contribution in [0.4, 0.5) is 10.3 Å². The molecule has 0 aliphatic carbocycles.